The summed E-state index contributed by atoms with van der Waals surface area (Å²) in [7, 11) is 0. The molecule has 0 bridgehead atoms. The van der Waals surface area contributed by atoms with Crippen LogP contribution in [0.15, 0.2) is 11.6 Å². The van der Waals surface area contributed by atoms with Crippen LogP contribution >= 0.6 is 0 Å². The standard InChI is InChI=1S/C13H20O5/c1-8(2)5-6-15-10-9(7-14)16-12-11(10)17-13(3,4)18-12/h5,7,9-12H,6H2,1-4H3/t9-,10-,11-,12-/m1/s1. The summed E-state index contributed by atoms with van der Waals surface area (Å²) >= 11 is 0. The Balaban J connectivity index is 2.01. The number of allylic oxidation sites excluding steroid dienone is 1. The van der Waals surface area contributed by atoms with Crippen molar-refractivity contribution >= 4 is 6.29 Å². The van der Waals surface area contributed by atoms with Crippen molar-refractivity contribution in [2.24, 2.45) is 0 Å². The van der Waals surface area contributed by atoms with E-state index in [1.165, 1.54) is 0 Å². The van der Waals surface area contributed by atoms with Gasteiger partial charge in [0.25, 0.3) is 0 Å². The molecule has 0 spiro atoms. The molecular formula is C13H20O5. The van der Waals surface area contributed by atoms with Crippen molar-refractivity contribution < 1.29 is 23.7 Å². The van der Waals surface area contributed by atoms with Gasteiger partial charge in [0.1, 0.15) is 18.3 Å². The summed E-state index contributed by atoms with van der Waals surface area (Å²) in [6.07, 6.45) is 0.792. The zero-order valence-corrected chi connectivity index (χ0v) is 11.2. The van der Waals surface area contributed by atoms with Crippen LogP contribution in [-0.4, -0.2) is 43.3 Å². The van der Waals surface area contributed by atoms with E-state index in [1.54, 1.807) is 0 Å². The summed E-state index contributed by atoms with van der Waals surface area (Å²) in [4.78, 5) is 11.0. The molecule has 102 valence electrons. The van der Waals surface area contributed by atoms with Crippen LogP contribution < -0.4 is 0 Å². The highest BCUT2D eigenvalue weighted by Crippen LogP contribution is 2.38. The monoisotopic (exact) mass is 256 g/mol. The maximum atomic E-state index is 11.0. The van der Waals surface area contributed by atoms with E-state index in [-0.39, 0.29) is 6.10 Å². The Morgan fingerprint density at radius 1 is 1.33 bits per heavy atom. The zero-order chi connectivity index (χ0) is 13.3. The third kappa shape index (κ3) is 2.80. The van der Waals surface area contributed by atoms with E-state index < -0.39 is 24.3 Å². The van der Waals surface area contributed by atoms with E-state index in [2.05, 4.69) is 0 Å². The molecule has 4 atom stereocenters. The Labute approximate surface area is 107 Å². The van der Waals surface area contributed by atoms with Gasteiger partial charge in [0, 0.05) is 0 Å². The fourth-order valence-corrected chi connectivity index (χ4v) is 2.13. The molecule has 0 aromatic carbocycles. The smallest absolute Gasteiger partial charge is 0.190 e. The van der Waals surface area contributed by atoms with Crippen LogP contribution in [-0.2, 0) is 23.7 Å². The Morgan fingerprint density at radius 2 is 2.06 bits per heavy atom. The number of carbonyl (C=O) groups is 1. The second kappa shape index (κ2) is 5.09. The van der Waals surface area contributed by atoms with Gasteiger partial charge in [-0.2, -0.15) is 0 Å². The summed E-state index contributed by atoms with van der Waals surface area (Å²) in [6, 6.07) is 0. The molecule has 2 aliphatic heterocycles. The summed E-state index contributed by atoms with van der Waals surface area (Å²) in [5, 5.41) is 0. The van der Waals surface area contributed by atoms with E-state index in [0.717, 1.165) is 11.9 Å². The molecule has 2 aliphatic rings. The average Bonchev–Trinajstić information content (AvgIpc) is 2.71. The summed E-state index contributed by atoms with van der Waals surface area (Å²) in [6.45, 7) is 8.06. The molecule has 2 rings (SSSR count). The highest BCUT2D eigenvalue weighted by atomic mass is 16.8. The van der Waals surface area contributed by atoms with Gasteiger partial charge in [-0.05, 0) is 27.7 Å². The molecule has 0 radical (unpaired) electrons. The Hall–Kier alpha value is -0.750. The second-order valence-electron chi connectivity index (χ2n) is 5.28. The van der Waals surface area contributed by atoms with Crippen molar-refractivity contribution in [3.8, 4) is 0 Å². The molecule has 5 heteroatoms. The van der Waals surface area contributed by atoms with E-state index in [0.29, 0.717) is 6.61 Å². The van der Waals surface area contributed by atoms with Gasteiger partial charge in [-0.15, -0.1) is 0 Å². The van der Waals surface area contributed by atoms with Crippen LogP contribution in [0.2, 0.25) is 0 Å². The minimum absolute atomic E-state index is 0.347. The van der Waals surface area contributed by atoms with Gasteiger partial charge >= 0.3 is 0 Å². The zero-order valence-electron chi connectivity index (χ0n) is 11.2. The average molecular weight is 256 g/mol. The molecule has 0 aromatic heterocycles. The summed E-state index contributed by atoms with van der Waals surface area (Å²) < 4.78 is 22.5. The number of ether oxygens (including phenoxy) is 4. The number of rotatable bonds is 4. The molecule has 5 nitrogen and oxygen atoms in total. The lowest BCUT2D eigenvalue weighted by Gasteiger charge is -2.23. The van der Waals surface area contributed by atoms with Crippen LogP contribution in [0, 0.1) is 0 Å². The molecule has 2 heterocycles. The SMILES string of the molecule is CC(C)=CCO[C@H]1[C@H]2OC(C)(C)O[C@H]2O[C@@H]1C=O. The van der Waals surface area contributed by atoms with E-state index in [9.17, 15) is 4.79 Å². The highest BCUT2D eigenvalue weighted by Gasteiger charge is 2.55. The molecule has 0 N–H and O–H groups in total. The molecule has 0 amide bonds. The lowest BCUT2D eigenvalue weighted by Crippen LogP contribution is -2.37. The lowest BCUT2D eigenvalue weighted by atomic mass is 10.1. The Bertz CT molecular complexity index is 345. The van der Waals surface area contributed by atoms with Crippen LogP contribution in [0.3, 0.4) is 0 Å². The normalized spacial score (nSPS) is 37.3. The van der Waals surface area contributed by atoms with Crippen LogP contribution in [0.25, 0.3) is 0 Å². The fraction of sp³-hybridized carbons (Fsp3) is 0.769. The predicted octanol–water partition coefficient (Wildman–Crippen LogP) is 1.41. The summed E-state index contributed by atoms with van der Waals surface area (Å²) in [5.41, 5.74) is 1.16. The van der Waals surface area contributed by atoms with Crippen molar-refractivity contribution in [2.75, 3.05) is 6.61 Å². The lowest BCUT2D eigenvalue weighted by molar-refractivity contribution is -0.214. The first-order valence-electron chi connectivity index (χ1n) is 6.14. The minimum atomic E-state index is -0.693. The molecule has 0 saturated carbocycles. The maximum Gasteiger partial charge on any atom is 0.190 e. The number of aldehydes is 1. The number of fused-ring (bicyclic) bond motifs is 1. The van der Waals surface area contributed by atoms with Crippen LogP contribution in [0.1, 0.15) is 27.7 Å². The van der Waals surface area contributed by atoms with Crippen molar-refractivity contribution in [3.05, 3.63) is 11.6 Å². The first-order valence-corrected chi connectivity index (χ1v) is 6.14. The minimum Gasteiger partial charge on any atom is -0.368 e. The van der Waals surface area contributed by atoms with Gasteiger partial charge in [-0.1, -0.05) is 11.6 Å². The molecule has 2 fully saturated rings. The molecule has 18 heavy (non-hydrogen) atoms. The number of carbonyl (C=O) groups excluding carboxylic acids is 1. The maximum absolute atomic E-state index is 11.0. The van der Waals surface area contributed by atoms with E-state index in [4.69, 9.17) is 18.9 Å². The van der Waals surface area contributed by atoms with Crippen LogP contribution in [0.4, 0.5) is 0 Å². The van der Waals surface area contributed by atoms with Gasteiger partial charge in [0.2, 0.25) is 0 Å². The van der Waals surface area contributed by atoms with Gasteiger partial charge in [-0.3, -0.25) is 0 Å². The quantitative estimate of drug-likeness (QED) is 0.562. The Kier molecular flexibility index (Phi) is 3.87. The first kappa shape index (κ1) is 13.7. The topological polar surface area (TPSA) is 54.0 Å². The van der Waals surface area contributed by atoms with Crippen molar-refractivity contribution in [2.45, 2.75) is 58.1 Å². The molecule has 0 unspecified atom stereocenters. The predicted molar refractivity (Wildman–Crippen MR) is 63.9 cm³/mol. The highest BCUT2D eigenvalue weighted by molar-refractivity contribution is 5.58. The van der Waals surface area contributed by atoms with Gasteiger partial charge in [-0.25, -0.2) is 0 Å². The fourth-order valence-electron chi connectivity index (χ4n) is 2.13. The Morgan fingerprint density at radius 3 is 2.67 bits per heavy atom. The third-order valence-corrected chi connectivity index (χ3v) is 2.94. The molecule has 0 aliphatic carbocycles. The molecular weight excluding hydrogens is 236 g/mol. The summed E-state index contributed by atoms with van der Waals surface area (Å²) in [5.74, 6) is -0.693. The number of hydrogen-bond acceptors (Lipinski definition) is 5. The van der Waals surface area contributed by atoms with Gasteiger partial charge in [0.15, 0.2) is 18.4 Å². The molecule has 0 aromatic rings. The third-order valence-electron chi connectivity index (χ3n) is 2.94. The van der Waals surface area contributed by atoms with Crippen molar-refractivity contribution in [1.29, 1.82) is 0 Å². The first-order chi connectivity index (χ1) is 8.43. The van der Waals surface area contributed by atoms with Crippen molar-refractivity contribution in [3.63, 3.8) is 0 Å². The number of hydrogen-bond donors (Lipinski definition) is 0. The second-order valence-corrected chi connectivity index (χ2v) is 5.28. The van der Waals surface area contributed by atoms with Gasteiger partial charge < -0.3 is 23.7 Å². The van der Waals surface area contributed by atoms with E-state index in [1.807, 2.05) is 33.8 Å². The van der Waals surface area contributed by atoms with Crippen LogP contribution in [0.5, 0.6) is 0 Å². The molecule has 2 saturated heterocycles. The van der Waals surface area contributed by atoms with Gasteiger partial charge in [0.05, 0.1) is 6.61 Å². The van der Waals surface area contributed by atoms with E-state index >= 15 is 0 Å². The largest absolute Gasteiger partial charge is 0.368 e. The van der Waals surface area contributed by atoms with Crippen molar-refractivity contribution in [1.82, 2.24) is 0 Å².